The van der Waals surface area contributed by atoms with E-state index in [1.807, 2.05) is 51.1 Å². The van der Waals surface area contributed by atoms with Crippen molar-refractivity contribution >= 4 is 29.6 Å². The van der Waals surface area contributed by atoms with Crippen molar-refractivity contribution in [3.05, 3.63) is 35.9 Å². The van der Waals surface area contributed by atoms with Crippen LogP contribution >= 0.6 is 0 Å². The highest BCUT2D eigenvalue weighted by Crippen LogP contribution is 2.12. The highest BCUT2D eigenvalue weighted by atomic mass is 16.4. The van der Waals surface area contributed by atoms with E-state index in [0.717, 1.165) is 5.56 Å². The zero-order valence-corrected chi connectivity index (χ0v) is 24.7. The number of carbonyl (C=O) groups excluding carboxylic acids is 4. The largest absolute Gasteiger partial charge is 0.480 e. The first kappa shape index (κ1) is 34.6. The van der Waals surface area contributed by atoms with Crippen LogP contribution in [0.2, 0.25) is 0 Å². The van der Waals surface area contributed by atoms with Gasteiger partial charge in [-0.3, -0.25) is 19.2 Å². The van der Waals surface area contributed by atoms with Crippen LogP contribution in [0.25, 0.3) is 0 Å². The standard InChI is InChI=1S/C29H47N5O6/c1-8-18(6)24(28(38)32-22(14-16(2)3)27(37)33-23(17(4)5)29(39)40)34-25(35)19(7)31-26(36)21(30)15-20-12-10-9-11-13-20/h9-13,16-19,21-24H,8,14-15,30H2,1-7H3,(H,31,36)(H,32,38)(H,33,37)(H,34,35)(H,39,40)/t18-,19-,21-,22-,23-,24-/m0/s1. The van der Waals surface area contributed by atoms with E-state index in [1.165, 1.54) is 6.92 Å². The van der Waals surface area contributed by atoms with Gasteiger partial charge in [-0.25, -0.2) is 4.79 Å². The molecule has 6 atom stereocenters. The van der Waals surface area contributed by atoms with Gasteiger partial charge in [0.2, 0.25) is 23.6 Å². The van der Waals surface area contributed by atoms with E-state index in [0.29, 0.717) is 12.8 Å². The summed E-state index contributed by atoms with van der Waals surface area (Å²) in [6.45, 7) is 12.3. The zero-order valence-electron chi connectivity index (χ0n) is 24.7. The van der Waals surface area contributed by atoms with E-state index in [4.69, 9.17) is 5.73 Å². The van der Waals surface area contributed by atoms with Crippen molar-refractivity contribution < 1.29 is 29.1 Å². The molecule has 1 aromatic rings. The maximum absolute atomic E-state index is 13.4. The Morgan fingerprint density at radius 2 is 1.35 bits per heavy atom. The van der Waals surface area contributed by atoms with Crippen LogP contribution in [-0.4, -0.2) is 64.9 Å². The van der Waals surface area contributed by atoms with Crippen LogP contribution in [-0.2, 0) is 30.4 Å². The molecule has 0 fully saturated rings. The summed E-state index contributed by atoms with van der Waals surface area (Å²) in [7, 11) is 0. The Kier molecular flexibility index (Phi) is 14.3. The third kappa shape index (κ3) is 11.3. The Morgan fingerprint density at radius 1 is 0.775 bits per heavy atom. The lowest BCUT2D eigenvalue weighted by molar-refractivity contribution is -0.143. The minimum atomic E-state index is -1.16. The first-order chi connectivity index (χ1) is 18.7. The summed E-state index contributed by atoms with van der Waals surface area (Å²) in [4.78, 5) is 63.5. The second kappa shape index (κ2) is 16.6. The maximum atomic E-state index is 13.4. The van der Waals surface area contributed by atoms with Gasteiger partial charge in [-0.05, 0) is 43.1 Å². The van der Waals surface area contributed by atoms with Crippen molar-refractivity contribution in [2.75, 3.05) is 0 Å². The molecule has 224 valence electrons. The second-order valence-corrected chi connectivity index (χ2v) is 11.2. The fraction of sp³-hybridized carbons (Fsp3) is 0.621. The molecule has 0 radical (unpaired) electrons. The van der Waals surface area contributed by atoms with Gasteiger partial charge in [-0.2, -0.15) is 0 Å². The summed E-state index contributed by atoms with van der Waals surface area (Å²) in [5, 5.41) is 20.0. The molecule has 0 aliphatic rings. The number of hydrogen-bond donors (Lipinski definition) is 6. The quantitative estimate of drug-likeness (QED) is 0.176. The minimum absolute atomic E-state index is 0.0188. The fourth-order valence-corrected chi connectivity index (χ4v) is 4.06. The number of nitrogens with two attached hydrogens (primary N) is 1. The number of aliphatic carboxylic acids is 1. The molecule has 0 heterocycles. The van der Waals surface area contributed by atoms with E-state index >= 15 is 0 Å². The van der Waals surface area contributed by atoms with Gasteiger partial charge in [-0.1, -0.05) is 78.3 Å². The van der Waals surface area contributed by atoms with E-state index < -0.39 is 59.8 Å². The zero-order chi connectivity index (χ0) is 30.6. The molecule has 0 saturated carbocycles. The third-order valence-corrected chi connectivity index (χ3v) is 6.75. The average molecular weight is 562 g/mol. The Hall–Kier alpha value is -3.47. The van der Waals surface area contributed by atoms with Crippen LogP contribution in [0.15, 0.2) is 30.3 Å². The second-order valence-electron chi connectivity index (χ2n) is 11.2. The summed E-state index contributed by atoms with van der Waals surface area (Å²) >= 11 is 0. The molecule has 0 unspecified atom stereocenters. The molecule has 40 heavy (non-hydrogen) atoms. The first-order valence-corrected chi connectivity index (χ1v) is 13.9. The number of carboxylic acid groups (broad SMARTS) is 1. The normalized spacial score (nSPS) is 15.8. The van der Waals surface area contributed by atoms with Crippen LogP contribution in [0.1, 0.15) is 66.9 Å². The summed E-state index contributed by atoms with van der Waals surface area (Å²) in [6.07, 6.45) is 1.13. The number of amides is 4. The Bertz CT molecular complexity index is 1000. The fourth-order valence-electron chi connectivity index (χ4n) is 4.06. The number of carboxylic acids is 1. The van der Waals surface area contributed by atoms with Gasteiger partial charge >= 0.3 is 5.97 Å². The van der Waals surface area contributed by atoms with Crippen LogP contribution in [0, 0.1) is 17.8 Å². The molecule has 1 aromatic carbocycles. The lowest BCUT2D eigenvalue weighted by Gasteiger charge is -2.29. The average Bonchev–Trinajstić information content (AvgIpc) is 2.88. The number of benzene rings is 1. The smallest absolute Gasteiger partial charge is 0.326 e. The predicted molar refractivity (Wildman–Crippen MR) is 153 cm³/mol. The molecule has 1 rings (SSSR count). The van der Waals surface area contributed by atoms with E-state index in [1.54, 1.807) is 20.8 Å². The van der Waals surface area contributed by atoms with Gasteiger partial charge in [0.05, 0.1) is 6.04 Å². The van der Waals surface area contributed by atoms with Gasteiger partial charge in [0, 0.05) is 0 Å². The molecule has 11 heteroatoms. The number of carbonyl (C=O) groups is 5. The minimum Gasteiger partial charge on any atom is -0.480 e. The molecule has 0 aliphatic carbocycles. The van der Waals surface area contributed by atoms with Gasteiger partial charge in [-0.15, -0.1) is 0 Å². The molecular weight excluding hydrogens is 514 g/mol. The van der Waals surface area contributed by atoms with Crippen LogP contribution in [0.4, 0.5) is 0 Å². The summed E-state index contributed by atoms with van der Waals surface area (Å²) < 4.78 is 0. The Labute approximate surface area is 237 Å². The SMILES string of the molecule is CC[C@H](C)[C@H](NC(=O)[C@H](C)NC(=O)[C@@H](N)Cc1ccccc1)C(=O)N[C@@H](CC(C)C)C(=O)N[C@H](C(=O)O)C(C)C. The maximum Gasteiger partial charge on any atom is 0.326 e. The highest BCUT2D eigenvalue weighted by Gasteiger charge is 2.33. The van der Waals surface area contributed by atoms with Crippen LogP contribution in [0.5, 0.6) is 0 Å². The number of rotatable bonds is 16. The van der Waals surface area contributed by atoms with Gasteiger partial charge < -0.3 is 32.1 Å². The van der Waals surface area contributed by atoms with Crippen molar-refractivity contribution in [2.24, 2.45) is 23.5 Å². The monoisotopic (exact) mass is 561 g/mol. The highest BCUT2D eigenvalue weighted by molar-refractivity contribution is 5.95. The van der Waals surface area contributed by atoms with Crippen molar-refractivity contribution in [1.82, 2.24) is 21.3 Å². The van der Waals surface area contributed by atoms with Crippen molar-refractivity contribution in [3.8, 4) is 0 Å². The van der Waals surface area contributed by atoms with Gasteiger partial charge in [0.1, 0.15) is 24.2 Å². The van der Waals surface area contributed by atoms with Gasteiger partial charge in [0.15, 0.2) is 0 Å². The Morgan fingerprint density at radius 3 is 1.85 bits per heavy atom. The molecule has 0 aromatic heterocycles. The third-order valence-electron chi connectivity index (χ3n) is 6.75. The summed E-state index contributed by atoms with van der Waals surface area (Å²) in [5.41, 5.74) is 6.92. The molecule has 11 nitrogen and oxygen atoms in total. The predicted octanol–water partition coefficient (Wildman–Crippen LogP) is 1.35. The van der Waals surface area contributed by atoms with Gasteiger partial charge in [0.25, 0.3) is 0 Å². The molecule has 4 amide bonds. The molecular formula is C29H47N5O6. The summed E-state index contributed by atoms with van der Waals surface area (Å²) in [5.74, 6) is -4.05. The van der Waals surface area contributed by atoms with E-state index in [9.17, 15) is 29.1 Å². The molecule has 0 spiro atoms. The number of nitrogens with one attached hydrogen (secondary N) is 4. The topological polar surface area (TPSA) is 180 Å². The van der Waals surface area contributed by atoms with Crippen molar-refractivity contribution in [2.45, 2.75) is 97.9 Å². The molecule has 0 bridgehead atoms. The lowest BCUT2D eigenvalue weighted by Crippen LogP contribution is -2.60. The van der Waals surface area contributed by atoms with Crippen molar-refractivity contribution in [3.63, 3.8) is 0 Å². The molecule has 0 saturated heterocycles. The van der Waals surface area contributed by atoms with Crippen LogP contribution < -0.4 is 27.0 Å². The first-order valence-electron chi connectivity index (χ1n) is 13.9. The Balaban J connectivity index is 2.94. The van der Waals surface area contributed by atoms with E-state index in [2.05, 4.69) is 21.3 Å². The van der Waals surface area contributed by atoms with Crippen LogP contribution in [0.3, 0.4) is 0 Å². The molecule has 0 aliphatic heterocycles. The number of hydrogen-bond acceptors (Lipinski definition) is 6. The summed E-state index contributed by atoms with van der Waals surface area (Å²) in [6, 6.07) is 4.35. The molecule has 7 N–H and O–H groups in total. The van der Waals surface area contributed by atoms with E-state index in [-0.39, 0.29) is 24.2 Å². The lowest BCUT2D eigenvalue weighted by atomic mass is 9.96. The van der Waals surface area contributed by atoms with Crippen molar-refractivity contribution in [1.29, 1.82) is 0 Å².